The molecule has 2 atom stereocenters. The lowest BCUT2D eigenvalue weighted by molar-refractivity contribution is 0.294. The summed E-state index contributed by atoms with van der Waals surface area (Å²) >= 11 is 4.84. The molecule has 1 aromatic heterocycles. The number of halogens is 1. The van der Waals surface area contributed by atoms with Crippen molar-refractivity contribution in [3.05, 3.63) is 23.0 Å². The van der Waals surface area contributed by atoms with Crippen LogP contribution < -0.4 is 9.46 Å². The minimum absolute atomic E-state index is 0.0419. The fourth-order valence-corrected chi connectivity index (χ4v) is 3.02. The predicted octanol–water partition coefficient (Wildman–Crippen LogP) is 3.75. The molecule has 0 aromatic carbocycles. The minimum Gasteiger partial charge on any atom is -0.598 e. The van der Waals surface area contributed by atoms with Gasteiger partial charge in [-0.15, -0.1) is 4.72 Å². The second kappa shape index (κ2) is 7.39. The van der Waals surface area contributed by atoms with Gasteiger partial charge in [0.05, 0.1) is 13.2 Å². The van der Waals surface area contributed by atoms with Gasteiger partial charge in [0, 0.05) is 17.6 Å². The van der Waals surface area contributed by atoms with Crippen molar-refractivity contribution in [2.24, 2.45) is 5.41 Å². The molecule has 0 fully saturated rings. The summed E-state index contributed by atoms with van der Waals surface area (Å²) in [6, 6.07) is 1.93. The highest BCUT2D eigenvalue weighted by Gasteiger charge is 2.34. The van der Waals surface area contributed by atoms with Crippen LogP contribution in [0.15, 0.2) is 12.3 Å². The van der Waals surface area contributed by atoms with Crippen LogP contribution in [0.3, 0.4) is 0 Å². The summed E-state index contributed by atoms with van der Waals surface area (Å²) in [5.74, 6) is 0.559. The number of pyridine rings is 1. The van der Waals surface area contributed by atoms with E-state index in [-0.39, 0.29) is 16.2 Å². The van der Waals surface area contributed by atoms with Gasteiger partial charge in [0.15, 0.2) is 10.9 Å². The summed E-state index contributed by atoms with van der Waals surface area (Å²) < 4.78 is 20.6. The molecule has 126 valence electrons. The summed E-state index contributed by atoms with van der Waals surface area (Å²) in [4.78, 5) is 4.15. The molecular formula is C16H27ClN2O2S. The topological polar surface area (TPSA) is 57.2 Å². The summed E-state index contributed by atoms with van der Waals surface area (Å²) in [6.07, 6.45) is 2.44. The average Bonchev–Trinajstić information content (AvgIpc) is 2.37. The molecule has 0 saturated carbocycles. The molecule has 0 amide bonds. The first kappa shape index (κ1) is 19.6. The summed E-state index contributed by atoms with van der Waals surface area (Å²) in [5.41, 5.74) is 0.952. The van der Waals surface area contributed by atoms with Gasteiger partial charge in [0.2, 0.25) is 0 Å². The van der Waals surface area contributed by atoms with Crippen LogP contribution in [0.2, 0.25) is 5.15 Å². The van der Waals surface area contributed by atoms with E-state index >= 15 is 0 Å². The molecule has 1 aromatic rings. The van der Waals surface area contributed by atoms with Crippen LogP contribution >= 0.6 is 11.6 Å². The zero-order valence-electron chi connectivity index (χ0n) is 14.5. The Hall–Kier alpha value is -0.490. The SMILES string of the molecule is COc1cc(CC(N[S@@+]([O-])C(C)(C)C)C(C)(C)C)cnc1Cl. The molecule has 1 unspecified atom stereocenters. The molecular weight excluding hydrogens is 320 g/mol. The first-order chi connectivity index (χ1) is 9.95. The highest BCUT2D eigenvalue weighted by atomic mass is 35.5. The van der Waals surface area contributed by atoms with E-state index in [1.54, 1.807) is 13.3 Å². The van der Waals surface area contributed by atoms with E-state index in [1.807, 2.05) is 26.8 Å². The van der Waals surface area contributed by atoms with Crippen molar-refractivity contribution in [3.8, 4) is 5.75 Å². The largest absolute Gasteiger partial charge is 0.598 e. The van der Waals surface area contributed by atoms with Crippen molar-refractivity contribution in [2.75, 3.05) is 7.11 Å². The maximum atomic E-state index is 12.4. The van der Waals surface area contributed by atoms with Crippen LogP contribution in [0, 0.1) is 5.41 Å². The lowest BCUT2D eigenvalue weighted by atomic mass is 9.84. The number of ether oxygens (including phenoxy) is 1. The molecule has 1 rings (SSSR count). The lowest BCUT2D eigenvalue weighted by Crippen LogP contribution is -2.50. The molecule has 4 nitrogen and oxygen atoms in total. The highest BCUT2D eigenvalue weighted by molar-refractivity contribution is 7.90. The third-order valence-electron chi connectivity index (χ3n) is 3.37. The minimum atomic E-state index is -1.13. The number of rotatable bonds is 5. The zero-order chi connectivity index (χ0) is 17.1. The van der Waals surface area contributed by atoms with Crippen molar-refractivity contribution in [1.82, 2.24) is 9.71 Å². The van der Waals surface area contributed by atoms with E-state index in [1.165, 1.54) is 0 Å². The average molecular weight is 347 g/mol. The van der Waals surface area contributed by atoms with E-state index in [2.05, 4.69) is 30.5 Å². The van der Waals surface area contributed by atoms with Crippen LogP contribution in [-0.4, -0.2) is 27.4 Å². The number of aromatic nitrogens is 1. The third-order valence-corrected chi connectivity index (χ3v) is 5.27. The first-order valence-corrected chi connectivity index (χ1v) is 8.84. The molecule has 0 aliphatic carbocycles. The zero-order valence-corrected chi connectivity index (χ0v) is 16.1. The van der Waals surface area contributed by atoms with Gasteiger partial charge in [0.25, 0.3) is 0 Å². The third kappa shape index (κ3) is 5.61. The Balaban J connectivity index is 2.95. The molecule has 0 aliphatic heterocycles. The Kier molecular flexibility index (Phi) is 6.57. The number of hydrogen-bond acceptors (Lipinski definition) is 4. The second-order valence-corrected chi connectivity index (χ2v) is 9.81. The maximum Gasteiger partial charge on any atom is 0.171 e. The van der Waals surface area contributed by atoms with Crippen molar-refractivity contribution in [1.29, 1.82) is 0 Å². The molecule has 22 heavy (non-hydrogen) atoms. The van der Waals surface area contributed by atoms with Crippen molar-refractivity contribution in [2.45, 2.75) is 58.8 Å². The van der Waals surface area contributed by atoms with E-state index < -0.39 is 11.4 Å². The van der Waals surface area contributed by atoms with Crippen LogP contribution in [0.1, 0.15) is 47.1 Å². The Labute approximate surface area is 142 Å². The fourth-order valence-electron chi connectivity index (χ4n) is 1.79. The Morgan fingerprint density at radius 3 is 2.36 bits per heavy atom. The van der Waals surface area contributed by atoms with Gasteiger partial charge in [-0.05, 0) is 44.2 Å². The van der Waals surface area contributed by atoms with Crippen LogP contribution in [0.5, 0.6) is 5.75 Å². The number of hydrogen-bond donors (Lipinski definition) is 1. The lowest BCUT2D eigenvalue weighted by Gasteiger charge is -2.34. The highest BCUT2D eigenvalue weighted by Crippen LogP contribution is 2.28. The quantitative estimate of drug-likeness (QED) is 0.651. The van der Waals surface area contributed by atoms with Crippen LogP contribution in [-0.2, 0) is 17.8 Å². The number of nitrogens with zero attached hydrogens (tertiary/aromatic N) is 1. The Bertz CT molecular complexity index is 498. The normalized spacial score (nSPS) is 15.5. The molecule has 0 saturated heterocycles. The monoisotopic (exact) mass is 346 g/mol. The molecule has 1 N–H and O–H groups in total. The van der Waals surface area contributed by atoms with Crippen molar-refractivity contribution < 1.29 is 9.29 Å². The number of nitrogens with one attached hydrogen (secondary N) is 1. The maximum absolute atomic E-state index is 12.4. The summed E-state index contributed by atoms with van der Waals surface area (Å²) in [7, 11) is 1.57. The summed E-state index contributed by atoms with van der Waals surface area (Å²) in [6.45, 7) is 12.3. The molecule has 0 spiro atoms. The molecule has 0 aliphatic rings. The van der Waals surface area contributed by atoms with Crippen LogP contribution in [0.4, 0.5) is 0 Å². The van der Waals surface area contributed by atoms with E-state index in [9.17, 15) is 4.55 Å². The summed E-state index contributed by atoms with van der Waals surface area (Å²) in [5, 5.41) is 0.352. The standard InChI is InChI=1S/C16H27ClN2O2S/c1-15(2,3)13(19-22(20)16(4,5)6)9-11-8-12(21-7)14(17)18-10-11/h8,10,13,19H,9H2,1-7H3/t13?,22-/m0/s1. The molecule has 1 heterocycles. The van der Waals surface area contributed by atoms with E-state index in [4.69, 9.17) is 16.3 Å². The molecule has 0 bridgehead atoms. The van der Waals surface area contributed by atoms with E-state index in [0.717, 1.165) is 5.56 Å². The predicted molar refractivity (Wildman–Crippen MR) is 93.8 cm³/mol. The first-order valence-electron chi connectivity index (χ1n) is 7.31. The van der Waals surface area contributed by atoms with Gasteiger partial charge in [0.1, 0.15) is 4.75 Å². The fraction of sp³-hybridized carbons (Fsp3) is 0.688. The smallest absolute Gasteiger partial charge is 0.171 e. The Morgan fingerprint density at radius 2 is 1.91 bits per heavy atom. The second-order valence-electron chi connectivity index (χ2n) is 7.46. The molecule has 6 heteroatoms. The molecule has 0 radical (unpaired) electrons. The van der Waals surface area contributed by atoms with Gasteiger partial charge < -0.3 is 9.29 Å². The van der Waals surface area contributed by atoms with Crippen molar-refractivity contribution >= 4 is 23.0 Å². The van der Waals surface area contributed by atoms with E-state index in [0.29, 0.717) is 17.3 Å². The Morgan fingerprint density at radius 1 is 1.32 bits per heavy atom. The van der Waals surface area contributed by atoms with Gasteiger partial charge in [-0.1, -0.05) is 32.4 Å². The van der Waals surface area contributed by atoms with Crippen LogP contribution in [0.25, 0.3) is 0 Å². The number of methoxy groups -OCH3 is 1. The van der Waals surface area contributed by atoms with Gasteiger partial charge in [-0.25, -0.2) is 4.98 Å². The van der Waals surface area contributed by atoms with Gasteiger partial charge >= 0.3 is 0 Å². The van der Waals surface area contributed by atoms with Gasteiger partial charge in [-0.2, -0.15) is 0 Å². The van der Waals surface area contributed by atoms with Crippen molar-refractivity contribution in [3.63, 3.8) is 0 Å². The van der Waals surface area contributed by atoms with Gasteiger partial charge in [-0.3, -0.25) is 0 Å².